The number of rotatable bonds is 4. The van der Waals surface area contributed by atoms with Gasteiger partial charge in [0.1, 0.15) is 11.5 Å². The van der Waals surface area contributed by atoms with Crippen LogP contribution < -0.4 is 14.8 Å². The Kier molecular flexibility index (Phi) is 3.89. The number of hydrogen-bond donors (Lipinski definition) is 2. The van der Waals surface area contributed by atoms with Crippen molar-refractivity contribution in [2.45, 2.75) is 0 Å². The number of para-hydroxylation sites is 1. The minimum Gasteiger partial charge on any atom is -0.493 e. The second kappa shape index (κ2) is 6.00. The van der Waals surface area contributed by atoms with Crippen LogP contribution in [0.15, 0.2) is 42.5 Å². The molecule has 5 nitrogen and oxygen atoms in total. The SMILES string of the molecule is COc1ccc(NC(=O)c2cc3cccc(F)c3[nH]2)cc1OC. The van der Waals surface area contributed by atoms with E-state index in [4.69, 9.17) is 9.47 Å². The number of benzene rings is 2. The van der Waals surface area contributed by atoms with Crippen LogP contribution in [-0.2, 0) is 0 Å². The van der Waals surface area contributed by atoms with Gasteiger partial charge in [0.15, 0.2) is 11.5 Å². The van der Waals surface area contributed by atoms with Gasteiger partial charge in [-0.25, -0.2) is 4.39 Å². The van der Waals surface area contributed by atoms with Crippen molar-refractivity contribution in [1.29, 1.82) is 0 Å². The molecule has 2 N–H and O–H groups in total. The summed E-state index contributed by atoms with van der Waals surface area (Å²) < 4.78 is 24.0. The lowest BCUT2D eigenvalue weighted by Gasteiger charge is -2.10. The Morgan fingerprint density at radius 2 is 1.87 bits per heavy atom. The Morgan fingerprint density at radius 1 is 1.09 bits per heavy atom. The van der Waals surface area contributed by atoms with Gasteiger partial charge in [0.25, 0.3) is 5.91 Å². The first kappa shape index (κ1) is 14.9. The molecule has 3 rings (SSSR count). The zero-order valence-electron chi connectivity index (χ0n) is 12.6. The average molecular weight is 314 g/mol. The molecule has 0 atom stereocenters. The van der Waals surface area contributed by atoms with Gasteiger partial charge in [0.2, 0.25) is 0 Å². The van der Waals surface area contributed by atoms with E-state index in [1.165, 1.54) is 20.3 Å². The summed E-state index contributed by atoms with van der Waals surface area (Å²) >= 11 is 0. The lowest BCUT2D eigenvalue weighted by atomic mass is 10.2. The van der Waals surface area contributed by atoms with E-state index in [0.717, 1.165) is 0 Å². The third-order valence-corrected chi connectivity index (χ3v) is 3.49. The molecule has 0 aliphatic heterocycles. The van der Waals surface area contributed by atoms with Crippen LogP contribution in [0.1, 0.15) is 10.5 Å². The molecule has 0 spiro atoms. The molecular weight excluding hydrogens is 299 g/mol. The Hall–Kier alpha value is -3.02. The molecular formula is C17H15FN2O3. The summed E-state index contributed by atoms with van der Waals surface area (Å²) in [6.45, 7) is 0. The molecule has 0 saturated carbocycles. The third-order valence-electron chi connectivity index (χ3n) is 3.49. The number of anilines is 1. The zero-order valence-corrected chi connectivity index (χ0v) is 12.6. The number of amides is 1. The Balaban J connectivity index is 1.87. The standard InChI is InChI=1S/C17H15FN2O3/c1-22-14-7-6-11(9-15(14)23-2)19-17(21)13-8-10-4-3-5-12(18)16(10)20-13/h3-9,20H,1-2H3,(H,19,21). The quantitative estimate of drug-likeness (QED) is 0.774. The average Bonchev–Trinajstić information content (AvgIpc) is 3.00. The summed E-state index contributed by atoms with van der Waals surface area (Å²) in [5, 5.41) is 3.38. The molecule has 0 bridgehead atoms. The predicted molar refractivity (Wildman–Crippen MR) is 85.8 cm³/mol. The fourth-order valence-corrected chi connectivity index (χ4v) is 2.35. The van der Waals surface area contributed by atoms with E-state index in [1.807, 2.05) is 0 Å². The number of halogens is 1. The topological polar surface area (TPSA) is 63.3 Å². The lowest BCUT2D eigenvalue weighted by Crippen LogP contribution is -2.12. The van der Waals surface area contributed by atoms with Crippen molar-refractivity contribution in [3.8, 4) is 11.5 Å². The highest BCUT2D eigenvalue weighted by atomic mass is 19.1. The lowest BCUT2D eigenvalue weighted by molar-refractivity contribution is 0.102. The van der Waals surface area contributed by atoms with E-state index in [0.29, 0.717) is 28.1 Å². The Labute approximate surface area is 132 Å². The Bertz CT molecular complexity index is 873. The predicted octanol–water partition coefficient (Wildman–Crippen LogP) is 3.58. The largest absolute Gasteiger partial charge is 0.493 e. The van der Waals surface area contributed by atoms with Crippen LogP contribution in [0.5, 0.6) is 11.5 Å². The highest BCUT2D eigenvalue weighted by Crippen LogP contribution is 2.30. The van der Waals surface area contributed by atoms with Gasteiger partial charge in [-0.15, -0.1) is 0 Å². The summed E-state index contributed by atoms with van der Waals surface area (Å²) in [5.41, 5.74) is 1.14. The number of nitrogens with one attached hydrogen (secondary N) is 2. The van der Waals surface area contributed by atoms with Crippen molar-refractivity contribution in [3.63, 3.8) is 0 Å². The first-order valence-electron chi connectivity index (χ1n) is 6.93. The van der Waals surface area contributed by atoms with Crippen molar-refractivity contribution in [2.75, 3.05) is 19.5 Å². The van der Waals surface area contributed by atoms with Crippen LogP contribution in [0.4, 0.5) is 10.1 Å². The molecule has 118 valence electrons. The molecule has 0 unspecified atom stereocenters. The van der Waals surface area contributed by atoms with E-state index in [1.54, 1.807) is 36.4 Å². The van der Waals surface area contributed by atoms with Gasteiger partial charge in [-0.1, -0.05) is 12.1 Å². The van der Waals surface area contributed by atoms with E-state index in [9.17, 15) is 9.18 Å². The number of carbonyl (C=O) groups is 1. The summed E-state index contributed by atoms with van der Waals surface area (Å²) in [5.74, 6) is 0.312. The van der Waals surface area contributed by atoms with E-state index < -0.39 is 5.82 Å². The van der Waals surface area contributed by atoms with Gasteiger partial charge >= 0.3 is 0 Å². The van der Waals surface area contributed by atoms with Crippen molar-refractivity contribution in [2.24, 2.45) is 0 Å². The number of fused-ring (bicyclic) bond motifs is 1. The zero-order chi connectivity index (χ0) is 16.4. The van der Waals surface area contributed by atoms with Gasteiger partial charge in [0.05, 0.1) is 19.7 Å². The van der Waals surface area contributed by atoms with Crippen LogP contribution in [0, 0.1) is 5.82 Å². The van der Waals surface area contributed by atoms with Crippen LogP contribution in [0.2, 0.25) is 0 Å². The number of ether oxygens (including phenoxy) is 2. The fourth-order valence-electron chi connectivity index (χ4n) is 2.35. The van der Waals surface area contributed by atoms with Crippen LogP contribution in [-0.4, -0.2) is 25.1 Å². The molecule has 1 amide bonds. The number of hydrogen-bond acceptors (Lipinski definition) is 3. The third kappa shape index (κ3) is 2.83. The summed E-state index contributed by atoms with van der Waals surface area (Å²) in [6.07, 6.45) is 0. The molecule has 0 fully saturated rings. The number of carbonyl (C=O) groups excluding carboxylic acids is 1. The maximum Gasteiger partial charge on any atom is 0.272 e. The molecule has 0 aliphatic rings. The number of aromatic nitrogens is 1. The number of aromatic amines is 1. The van der Waals surface area contributed by atoms with Crippen LogP contribution >= 0.6 is 0 Å². The van der Waals surface area contributed by atoms with Gasteiger partial charge < -0.3 is 19.8 Å². The number of H-pyrrole nitrogens is 1. The van der Waals surface area contributed by atoms with Crippen LogP contribution in [0.3, 0.4) is 0 Å². The van der Waals surface area contributed by atoms with E-state index >= 15 is 0 Å². The van der Waals surface area contributed by atoms with Gasteiger partial charge in [0, 0.05) is 17.1 Å². The van der Waals surface area contributed by atoms with Crippen molar-refractivity contribution < 1.29 is 18.7 Å². The van der Waals surface area contributed by atoms with Gasteiger partial charge in [-0.05, 0) is 24.3 Å². The van der Waals surface area contributed by atoms with E-state index in [2.05, 4.69) is 10.3 Å². The molecule has 2 aromatic carbocycles. The second-order valence-corrected chi connectivity index (χ2v) is 4.91. The molecule has 23 heavy (non-hydrogen) atoms. The normalized spacial score (nSPS) is 10.6. The van der Waals surface area contributed by atoms with Crippen LogP contribution in [0.25, 0.3) is 10.9 Å². The van der Waals surface area contributed by atoms with Gasteiger partial charge in [-0.2, -0.15) is 0 Å². The molecule has 0 radical (unpaired) electrons. The molecule has 6 heteroatoms. The Morgan fingerprint density at radius 3 is 2.57 bits per heavy atom. The van der Waals surface area contributed by atoms with Crippen molar-refractivity contribution in [3.05, 3.63) is 54.0 Å². The highest BCUT2D eigenvalue weighted by Gasteiger charge is 2.13. The monoisotopic (exact) mass is 314 g/mol. The maximum absolute atomic E-state index is 13.7. The summed E-state index contributed by atoms with van der Waals surface area (Å²) in [7, 11) is 3.05. The highest BCUT2D eigenvalue weighted by molar-refractivity contribution is 6.06. The van der Waals surface area contributed by atoms with Crippen molar-refractivity contribution >= 4 is 22.5 Å². The maximum atomic E-state index is 13.7. The first-order chi connectivity index (χ1) is 11.1. The van der Waals surface area contributed by atoms with E-state index in [-0.39, 0.29) is 11.6 Å². The molecule has 3 aromatic rings. The second-order valence-electron chi connectivity index (χ2n) is 4.91. The van der Waals surface area contributed by atoms with Gasteiger partial charge in [-0.3, -0.25) is 4.79 Å². The molecule has 0 aliphatic carbocycles. The summed E-state index contributed by atoms with van der Waals surface area (Å²) in [6, 6.07) is 11.3. The molecule has 1 heterocycles. The minimum absolute atomic E-state index is 0.278. The summed E-state index contributed by atoms with van der Waals surface area (Å²) in [4.78, 5) is 15.1. The van der Waals surface area contributed by atoms with Crippen molar-refractivity contribution in [1.82, 2.24) is 4.98 Å². The molecule has 1 aromatic heterocycles. The smallest absolute Gasteiger partial charge is 0.272 e. The first-order valence-corrected chi connectivity index (χ1v) is 6.93. The molecule has 0 saturated heterocycles. The number of methoxy groups -OCH3 is 2. The minimum atomic E-state index is -0.396. The fraction of sp³-hybridized carbons (Fsp3) is 0.118.